The van der Waals surface area contributed by atoms with Gasteiger partial charge in [0.25, 0.3) is 5.69 Å². The van der Waals surface area contributed by atoms with Gasteiger partial charge in [0.1, 0.15) is 0 Å². The van der Waals surface area contributed by atoms with Crippen LogP contribution in [0.2, 0.25) is 0 Å². The van der Waals surface area contributed by atoms with Gasteiger partial charge in [-0.3, -0.25) is 20.2 Å². The summed E-state index contributed by atoms with van der Waals surface area (Å²) in [6.45, 7) is 0. The van der Waals surface area contributed by atoms with E-state index in [1.165, 1.54) is 30.3 Å². The van der Waals surface area contributed by atoms with Gasteiger partial charge in [-0.25, -0.2) is 0 Å². The van der Waals surface area contributed by atoms with E-state index in [9.17, 15) is 20.2 Å². The number of nitro benzene ring substituents is 1. The Labute approximate surface area is 92.6 Å². The quantitative estimate of drug-likeness (QED) is 0.481. The third-order valence-corrected chi connectivity index (χ3v) is 2.08. The van der Waals surface area contributed by atoms with Crippen molar-refractivity contribution in [3.05, 3.63) is 54.7 Å². The van der Waals surface area contributed by atoms with Crippen LogP contribution in [0.5, 0.6) is 0 Å². The Morgan fingerprint density at radius 1 is 1.20 bits per heavy atom. The zero-order valence-electron chi connectivity index (χ0n) is 7.29. The minimum atomic E-state index is -0.596. The molecule has 0 spiro atoms. The minimum Gasteiger partial charge on any atom is -0.258 e. The zero-order chi connectivity index (χ0) is 11.4. The van der Waals surface area contributed by atoms with E-state index in [4.69, 9.17) is 0 Å². The van der Waals surface area contributed by atoms with Crippen LogP contribution in [-0.4, -0.2) is 9.85 Å². The Balaban J connectivity index is 2.95. The SMILES string of the molecule is O=[N+]([O-])/C(Br)=C/c1ccc([N+](=O)[O-])cc1. The van der Waals surface area contributed by atoms with Crippen LogP contribution in [-0.2, 0) is 0 Å². The van der Waals surface area contributed by atoms with Crippen LogP contribution in [0.4, 0.5) is 5.69 Å². The van der Waals surface area contributed by atoms with Crippen molar-refractivity contribution in [2.45, 2.75) is 0 Å². The molecule has 0 radical (unpaired) electrons. The summed E-state index contributed by atoms with van der Waals surface area (Å²) in [5.41, 5.74) is 0.466. The highest BCUT2D eigenvalue weighted by Crippen LogP contribution is 2.16. The van der Waals surface area contributed by atoms with Gasteiger partial charge < -0.3 is 0 Å². The molecule has 7 heteroatoms. The molecule has 0 N–H and O–H groups in total. The number of nitro groups is 2. The molecule has 1 aromatic carbocycles. The Hall–Kier alpha value is -1.76. The molecule has 0 aliphatic carbocycles. The summed E-state index contributed by atoms with van der Waals surface area (Å²) in [4.78, 5) is 19.4. The summed E-state index contributed by atoms with van der Waals surface area (Å²) in [5, 5.41) is 20.6. The van der Waals surface area contributed by atoms with E-state index in [0.717, 1.165) is 0 Å². The smallest absolute Gasteiger partial charge is 0.258 e. The average molecular weight is 273 g/mol. The molecule has 15 heavy (non-hydrogen) atoms. The Kier molecular flexibility index (Phi) is 3.51. The van der Waals surface area contributed by atoms with E-state index in [-0.39, 0.29) is 10.3 Å². The molecule has 0 saturated heterocycles. The molecule has 0 aliphatic rings. The van der Waals surface area contributed by atoms with Crippen molar-refractivity contribution in [2.75, 3.05) is 0 Å². The maximum atomic E-state index is 10.3. The summed E-state index contributed by atoms with van der Waals surface area (Å²) < 4.78 is -0.198. The number of hydrogen-bond donors (Lipinski definition) is 0. The number of rotatable bonds is 3. The lowest BCUT2D eigenvalue weighted by Gasteiger charge is -1.93. The third-order valence-electron chi connectivity index (χ3n) is 1.56. The molecular weight excluding hydrogens is 268 g/mol. The summed E-state index contributed by atoms with van der Waals surface area (Å²) in [7, 11) is 0. The number of halogens is 1. The number of benzene rings is 1. The van der Waals surface area contributed by atoms with Crippen LogP contribution in [0.25, 0.3) is 6.08 Å². The van der Waals surface area contributed by atoms with Gasteiger partial charge in [0.05, 0.1) is 9.85 Å². The van der Waals surface area contributed by atoms with E-state index in [1.807, 2.05) is 0 Å². The molecule has 0 fully saturated rings. The Morgan fingerprint density at radius 2 is 1.73 bits per heavy atom. The fraction of sp³-hybridized carbons (Fsp3) is 0. The molecule has 78 valence electrons. The standard InChI is InChI=1S/C8H5BrN2O4/c9-8(11(14)15)5-6-1-3-7(4-2-6)10(12)13/h1-5H/b8-5+. The van der Waals surface area contributed by atoms with Gasteiger partial charge in [0.15, 0.2) is 0 Å². The maximum Gasteiger partial charge on any atom is 0.311 e. The van der Waals surface area contributed by atoms with Gasteiger partial charge in [-0.15, -0.1) is 0 Å². The van der Waals surface area contributed by atoms with Gasteiger partial charge in [-0.1, -0.05) is 0 Å². The van der Waals surface area contributed by atoms with E-state index in [0.29, 0.717) is 5.56 Å². The molecule has 0 atom stereocenters. The highest BCUT2D eigenvalue weighted by atomic mass is 79.9. The van der Waals surface area contributed by atoms with Crippen molar-refractivity contribution in [3.63, 3.8) is 0 Å². The first-order valence-corrected chi connectivity index (χ1v) is 4.56. The first-order chi connectivity index (χ1) is 7.00. The maximum absolute atomic E-state index is 10.3. The molecule has 1 aromatic rings. The molecule has 0 saturated carbocycles. The zero-order valence-corrected chi connectivity index (χ0v) is 8.88. The lowest BCUT2D eigenvalue weighted by molar-refractivity contribution is -0.407. The summed E-state index contributed by atoms with van der Waals surface area (Å²) in [6, 6.07) is 5.43. The van der Waals surface area contributed by atoms with Gasteiger partial charge >= 0.3 is 4.61 Å². The molecule has 6 nitrogen and oxygen atoms in total. The first-order valence-electron chi connectivity index (χ1n) is 3.77. The van der Waals surface area contributed by atoms with Crippen LogP contribution < -0.4 is 0 Å². The molecule has 0 amide bonds. The molecule has 0 bridgehead atoms. The fourth-order valence-electron chi connectivity index (χ4n) is 0.882. The van der Waals surface area contributed by atoms with Crippen molar-refractivity contribution >= 4 is 27.7 Å². The van der Waals surface area contributed by atoms with E-state index >= 15 is 0 Å². The van der Waals surface area contributed by atoms with Crippen LogP contribution in [0.3, 0.4) is 0 Å². The topological polar surface area (TPSA) is 86.3 Å². The molecule has 0 unspecified atom stereocenters. The monoisotopic (exact) mass is 272 g/mol. The van der Waals surface area contributed by atoms with Gasteiger partial charge in [0.2, 0.25) is 0 Å². The van der Waals surface area contributed by atoms with Crippen LogP contribution >= 0.6 is 15.9 Å². The molecule has 1 rings (SSSR count). The normalized spacial score (nSPS) is 11.1. The van der Waals surface area contributed by atoms with Crippen molar-refractivity contribution in [1.82, 2.24) is 0 Å². The second-order valence-corrected chi connectivity index (χ2v) is 3.39. The first kappa shape index (κ1) is 11.3. The van der Waals surface area contributed by atoms with Crippen LogP contribution in [0, 0.1) is 20.2 Å². The van der Waals surface area contributed by atoms with Crippen molar-refractivity contribution in [2.24, 2.45) is 0 Å². The second kappa shape index (κ2) is 4.65. The molecule has 0 heterocycles. The summed E-state index contributed by atoms with van der Waals surface area (Å²) >= 11 is 2.75. The lowest BCUT2D eigenvalue weighted by Crippen LogP contribution is -1.90. The Morgan fingerprint density at radius 3 is 2.13 bits per heavy atom. The number of hydrogen-bond acceptors (Lipinski definition) is 4. The number of non-ortho nitro benzene ring substituents is 1. The average Bonchev–Trinajstić information content (AvgIpc) is 2.18. The molecular formula is C8H5BrN2O4. The highest BCUT2D eigenvalue weighted by Gasteiger charge is 2.06. The largest absolute Gasteiger partial charge is 0.311 e. The Bertz CT molecular complexity index is 427. The van der Waals surface area contributed by atoms with Gasteiger partial charge in [0, 0.05) is 34.1 Å². The van der Waals surface area contributed by atoms with Crippen molar-refractivity contribution in [1.29, 1.82) is 0 Å². The fourth-order valence-corrected chi connectivity index (χ4v) is 1.15. The summed E-state index contributed by atoms with van der Waals surface area (Å²) in [5.74, 6) is 0. The van der Waals surface area contributed by atoms with Crippen LogP contribution in [0.1, 0.15) is 5.56 Å². The predicted octanol–water partition coefficient (Wildman–Crippen LogP) is 2.56. The minimum absolute atomic E-state index is 0.0515. The van der Waals surface area contributed by atoms with E-state index in [1.54, 1.807) is 0 Å². The van der Waals surface area contributed by atoms with E-state index in [2.05, 4.69) is 15.9 Å². The van der Waals surface area contributed by atoms with E-state index < -0.39 is 9.85 Å². The second-order valence-electron chi connectivity index (χ2n) is 2.57. The van der Waals surface area contributed by atoms with Gasteiger partial charge in [-0.2, -0.15) is 0 Å². The van der Waals surface area contributed by atoms with Gasteiger partial charge in [-0.05, 0) is 17.7 Å². The molecule has 0 aromatic heterocycles. The van der Waals surface area contributed by atoms with Crippen molar-refractivity contribution in [3.8, 4) is 0 Å². The summed E-state index contributed by atoms with van der Waals surface area (Å²) in [6.07, 6.45) is 1.27. The van der Waals surface area contributed by atoms with Crippen LogP contribution in [0.15, 0.2) is 28.9 Å². The number of nitrogens with zero attached hydrogens (tertiary/aromatic N) is 2. The molecule has 0 aliphatic heterocycles. The lowest BCUT2D eigenvalue weighted by atomic mass is 10.2. The highest BCUT2D eigenvalue weighted by molar-refractivity contribution is 9.11. The van der Waals surface area contributed by atoms with Crippen molar-refractivity contribution < 1.29 is 9.85 Å². The predicted molar refractivity (Wildman–Crippen MR) is 57.0 cm³/mol. The third kappa shape index (κ3) is 3.13.